The van der Waals surface area contributed by atoms with Gasteiger partial charge in [0.05, 0.1) is 5.75 Å². The molecule has 2 rings (SSSR count). The predicted octanol–water partition coefficient (Wildman–Crippen LogP) is 1.77. The van der Waals surface area contributed by atoms with Crippen LogP contribution in [0.15, 0.2) is 18.2 Å². The Kier molecular flexibility index (Phi) is 4.49. The van der Waals surface area contributed by atoms with Gasteiger partial charge in [0.1, 0.15) is 5.60 Å². The van der Waals surface area contributed by atoms with Crippen LogP contribution in [-0.4, -0.2) is 31.6 Å². The summed E-state index contributed by atoms with van der Waals surface area (Å²) in [5.41, 5.74) is 2.09. The smallest absolute Gasteiger partial charge is 0.410 e. The van der Waals surface area contributed by atoms with Crippen molar-refractivity contribution in [2.45, 2.75) is 45.1 Å². The number of nitrogens with two attached hydrogens (primary N) is 1. The van der Waals surface area contributed by atoms with Gasteiger partial charge >= 0.3 is 6.09 Å². The molecule has 0 aromatic heterocycles. The van der Waals surface area contributed by atoms with Crippen LogP contribution in [0.4, 0.5) is 4.79 Å². The highest BCUT2D eigenvalue weighted by Gasteiger charge is 2.27. The summed E-state index contributed by atoms with van der Waals surface area (Å²) in [5.74, 6) is -0.178. The van der Waals surface area contributed by atoms with E-state index in [1.54, 1.807) is 17.0 Å². The summed E-state index contributed by atoms with van der Waals surface area (Å²) in [6, 6.07) is 5.46. The van der Waals surface area contributed by atoms with Gasteiger partial charge in [0.2, 0.25) is 10.0 Å². The zero-order valence-corrected chi connectivity index (χ0v) is 13.9. The molecule has 0 radical (unpaired) electrons. The fourth-order valence-corrected chi connectivity index (χ4v) is 3.23. The zero-order chi connectivity index (χ0) is 16.5. The summed E-state index contributed by atoms with van der Waals surface area (Å²) in [4.78, 5) is 13.8. The molecule has 0 fully saturated rings. The van der Waals surface area contributed by atoms with E-state index in [9.17, 15) is 13.2 Å². The Balaban J connectivity index is 2.18. The molecular formula is C15H22N2O4S. The van der Waals surface area contributed by atoms with Crippen LogP contribution >= 0.6 is 0 Å². The quantitative estimate of drug-likeness (QED) is 0.897. The third-order valence-corrected chi connectivity index (χ3v) is 4.08. The van der Waals surface area contributed by atoms with Crippen molar-refractivity contribution in [1.82, 2.24) is 4.90 Å². The van der Waals surface area contributed by atoms with Crippen molar-refractivity contribution in [3.63, 3.8) is 0 Å². The van der Waals surface area contributed by atoms with E-state index in [4.69, 9.17) is 9.88 Å². The van der Waals surface area contributed by atoms with E-state index in [0.717, 1.165) is 11.1 Å². The molecule has 0 atom stereocenters. The molecule has 1 aliphatic heterocycles. The van der Waals surface area contributed by atoms with Gasteiger partial charge in [-0.1, -0.05) is 18.2 Å². The van der Waals surface area contributed by atoms with Crippen LogP contribution < -0.4 is 5.14 Å². The summed E-state index contributed by atoms with van der Waals surface area (Å²) in [7, 11) is -3.57. The molecule has 0 saturated carbocycles. The molecule has 1 heterocycles. The molecule has 0 aliphatic carbocycles. The van der Waals surface area contributed by atoms with Gasteiger partial charge in [-0.2, -0.15) is 0 Å². The molecule has 1 aromatic rings. The topological polar surface area (TPSA) is 89.7 Å². The Bertz CT molecular complexity index is 677. The molecule has 6 nitrogen and oxygen atoms in total. The molecule has 1 aliphatic rings. The standard InChI is InChI=1S/C15H22N2O4S/c1-15(2,3)21-14(18)17-8-7-13-11(9-17)5-4-6-12(13)10-22(16,19)20/h4-6H,7-10H2,1-3H3,(H2,16,19,20). The van der Waals surface area contributed by atoms with Gasteiger partial charge in [-0.3, -0.25) is 0 Å². The van der Waals surface area contributed by atoms with E-state index in [1.165, 1.54) is 0 Å². The van der Waals surface area contributed by atoms with Crippen LogP contribution in [0.1, 0.15) is 37.5 Å². The van der Waals surface area contributed by atoms with E-state index in [1.807, 2.05) is 26.8 Å². The first-order valence-corrected chi connectivity index (χ1v) is 8.85. The zero-order valence-electron chi connectivity index (χ0n) is 13.1. The third-order valence-electron chi connectivity index (χ3n) is 3.37. The van der Waals surface area contributed by atoms with E-state index < -0.39 is 15.6 Å². The Labute approximate surface area is 131 Å². The highest BCUT2D eigenvalue weighted by Crippen LogP contribution is 2.25. The molecule has 7 heteroatoms. The first-order valence-electron chi connectivity index (χ1n) is 7.13. The van der Waals surface area contributed by atoms with Crippen molar-refractivity contribution < 1.29 is 17.9 Å². The monoisotopic (exact) mass is 326 g/mol. The minimum Gasteiger partial charge on any atom is -0.444 e. The van der Waals surface area contributed by atoms with Crippen LogP contribution in [-0.2, 0) is 33.5 Å². The molecule has 122 valence electrons. The van der Waals surface area contributed by atoms with Crippen LogP contribution in [0.5, 0.6) is 0 Å². The number of hydrogen-bond donors (Lipinski definition) is 1. The normalized spacial score (nSPS) is 15.4. The number of hydrogen-bond acceptors (Lipinski definition) is 4. The van der Waals surface area contributed by atoms with Crippen molar-refractivity contribution in [3.05, 3.63) is 34.9 Å². The number of fused-ring (bicyclic) bond motifs is 1. The average molecular weight is 326 g/mol. The number of rotatable bonds is 2. The second-order valence-electron chi connectivity index (χ2n) is 6.51. The van der Waals surface area contributed by atoms with E-state index >= 15 is 0 Å². The van der Waals surface area contributed by atoms with Gasteiger partial charge in [0.25, 0.3) is 0 Å². The molecule has 0 saturated heterocycles. The number of benzene rings is 1. The molecule has 2 N–H and O–H groups in total. The Morgan fingerprint density at radius 3 is 2.64 bits per heavy atom. The van der Waals surface area contributed by atoms with E-state index in [2.05, 4.69) is 0 Å². The summed E-state index contributed by atoms with van der Waals surface area (Å²) >= 11 is 0. The molecular weight excluding hydrogens is 304 g/mol. The fourth-order valence-electron chi connectivity index (χ4n) is 2.52. The number of carbonyl (C=O) groups is 1. The lowest BCUT2D eigenvalue weighted by Crippen LogP contribution is -2.40. The molecule has 1 amide bonds. The minimum atomic E-state index is -3.57. The van der Waals surface area contributed by atoms with Gasteiger partial charge < -0.3 is 9.64 Å². The first-order chi connectivity index (χ1) is 10.1. The lowest BCUT2D eigenvalue weighted by Gasteiger charge is -2.32. The highest BCUT2D eigenvalue weighted by atomic mass is 32.2. The second kappa shape index (κ2) is 5.89. The molecule has 22 heavy (non-hydrogen) atoms. The van der Waals surface area contributed by atoms with Gasteiger partial charge in [0, 0.05) is 13.1 Å². The molecule has 1 aromatic carbocycles. The average Bonchev–Trinajstić information content (AvgIpc) is 2.34. The maximum atomic E-state index is 12.1. The Hall–Kier alpha value is -1.60. The van der Waals surface area contributed by atoms with Gasteiger partial charge in [0.15, 0.2) is 0 Å². The Morgan fingerprint density at radius 1 is 1.36 bits per heavy atom. The summed E-state index contributed by atoms with van der Waals surface area (Å²) in [6.45, 7) is 6.40. The second-order valence-corrected chi connectivity index (χ2v) is 8.13. The summed E-state index contributed by atoms with van der Waals surface area (Å²) < 4.78 is 28.0. The largest absolute Gasteiger partial charge is 0.444 e. The lowest BCUT2D eigenvalue weighted by atomic mass is 9.95. The van der Waals surface area contributed by atoms with Gasteiger partial charge in [-0.15, -0.1) is 0 Å². The first kappa shape index (κ1) is 16.8. The van der Waals surface area contributed by atoms with Crippen LogP contribution in [0, 0.1) is 0 Å². The van der Waals surface area contributed by atoms with Gasteiger partial charge in [-0.25, -0.2) is 18.4 Å². The van der Waals surface area contributed by atoms with E-state index in [-0.39, 0.29) is 11.8 Å². The van der Waals surface area contributed by atoms with Crippen LogP contribution in [0.3, 0.4) is 0 Å². The third kappa shape index (κ3) is 4.45. The SMILES string of the molecule is CC(C)(C)OC(=O)N1CCc2c(cccc2CS(N)(=O)=O)C1. The van der Waals surface area contributed by atoms with Crippen molar-refractivity contribution in [2.24, 2.45) is 5.14 Å². The number of amides is 1. The Morgan fingerprint density at radius 2 is 2.05 bits per heavy atom. The molecule has 0 spiro atoms. The number of nitrogens with zero attached hydrogens (tertiary/aromatic N) is 1. The van der Waals surface area contributed by atoms with E-state index in [0.29, 0.717) is 25.1 Å². The maximum absolute atomic E-state index is 12.1. The summed E-state index contributed by atoms with van der Waals surface area (Å²) in [6.07, 6.45) is 0.246. The van der Waals surface area contributed by atoms with Crippen molar-refractivity contribution in [1.29, 1.82) is 0 Å². The van der Waals surface area contributed by atoms with Crippen molar-refractivity contribution in [2.75, 3.05) is 6.54 Å². The van der Waals surface area contributed by atoms with Crippen molar-refractivity contribution >= 4 is 16.1 Å². The van der Waals surface area contributed by atoms with Crippen molar-refractivity contribution in [3.8, 4) is 0 Å². The molecule has 0 unspecified atom stereocenters. The number of carbonyl (C=O) groups excluding carboxylic acids is 1. The number of sulfonamides is 1. The number of ether oxygens (including phenoxy) is 1. The highest BCUT2D eigenvalue weighted by molar-refractivity contribution is 7.88. The maximum Gasteiger partial charge on any atom is 0.410 e. The summed E-state index contributed by atoms with van der Waals surface area (Å²) in [5, 5.41) is 5.13. The number of primary sulfonamides is 1. The predicted molar refractivity (Wildman–Crippen MR) is 83.6 cm³/mol. The fraction of sp³-hybridized carbons (Fsp3) is 0.533. The van der Waals surface area contributed by atoms with Gasteiger partial charge in [-0.05, 0) is 43.9 Å². The van der Waals surface area contributed by atoms with Crippen LogP contribution in [0.2, 0.25) is 0 Å². The minimum absolute atomic E-state index is 0.178. The lowest BCUT2D eigenvalue weighted by molar-refractivity contribution is 0.0223. The van der Waals surface area contributed by atoms with Crippen LogP contribution in [0.25, 0.3) is 0 Å². The molecule has 0 bridgehead atoms.